The van der Waals surface area contributed by atoms with E-state index in [0.717, 1.165) is 17.7 Å². The molecule has 0 fully saturated rings. The Balaban J connectivity index is 1.21. The molecule has 1 aliphatic rings. The number of thiazole rings is 1. The van der Waals surface area contributed by atoms with Crippen LogP contribution in [0.2, 0.25) is 0 Å². The number of ether oxygens (including phenoxy) is 3. The molecule has 2 heterocycles. The number of nitrogens with one attached hydrogen (secondary N) is 1. The average molecular weight is 481 g/mol. The van der Waals surface area contributed by atoms with Crippen LogP contribution in [0, 0.1) is 0 Å². The molecular formula is C25H24N2O6S. The van der Waals surface area contributed by atoms with E-state index in [0.29, 0.717) is 35.4 Å². The molecule has 4 rings (SSSR count). The summed E-state index contributed by atoms with van der Waals surface area (Å²) in [6, 6.07) is 13.0. The lowest BCUT2D eigenvalue weighted by Gasteiger charge is -2.18. The maximum atomic E-state index is 12.4. The second kappa shape index (κ2) is 10.9. The van der Waals surface area contributed by atoms with Crippen molar-refractivity contribution in [1.29, 1.82) is 0 Å². The third kappa shape index (κ3) is 5.99. The van der Waals surface area contributed by atoms with Crippen LogP contribution in [-0.2, 0) is 20.7 Å². The van der Waals surface area contributed by atoms with Gasteiger partial charge >= 0.3 is 5.97 Å². The SMILES string of the molecule is CCc1ccc(-c2csc(NC(=O)COC(=O)CCC(=O)c3ccc4c(c3)OCCO4)n2)cc1. The molecule has 0 radical (unpaired) electrons. The summed E-state index contributed by atoms with van der Waals surface area (Å²) in [4.78, 5) is 40.9. The second-order valence-electron chi connectivity index (χ2n) is 7.58. The third-order valence-corrected chi connectivity index (χ3v) is 5.95. The van der Waals surface area contributed by atoms with E-state index in [1.807, 2.05) is 29.6 Å². The van der Waals surface area contributed by atoms with Crippen molar-refractivity contribution in [2.45, 2.75) is 26.2 Å². The van der Waals surface area contributed by atoms with Crippen molar-refractivity contribution in [3.8, 4) is 22.8 Å². The van der Waals surface area contributed by atoms with Crippen molar-refractivity contribution >= 4 is 34.1 Å². The first-order valence-electron chi connectivity index (χ1n) is 10.9. The topological polar surface area (TPSA) is 104 Å². The number of hydrogen-bond donors (Lipinski definition) is 1. The molecule has 0 bridgehead atoms. The van der Waals surface area contributed by atoms with Gasteiger partial charge in [0, 0.05) is 22.9 Å². The predicted octanol–water partition coefficient (Wildman–Crippen LogP) is 4.29. The van der Waals surface area contributed by atoms with Crippen LogP contribution in [0.25, 0.3) is 11.3 Å². The van der Waals surface area contributed by atoms with Crippen molar-refractivity contribution < 1.29 is 28.6 Å². The quantitative estimate of drug-likeness (QED) is 0.360. The van der Waals surface area contributed by atoms with Gasteiger partial charge in [0.05, 0.1) is 12.1 Å². The fraction of sp³-hybridized carbons (Fsp3) is 0.280. The number of carbonyl (C=O) groups is 3. The summed E-state index contributed by atoms with van der Waals surface area (Å²) >= 11 is 1.29. The molecule has 9 heteroatoms. The molecule has 34 heavy (non-hydrogen) atoms. The number of aromatic nitrogens is 1. The Morgan fingerprint density at radius 2 is 1.79 bits per heavy atom. The second-order valence-corrected chi connectivity index (χ2v) is 8.44. The maximum absolute atomic E-state index is 12.4. The van der Waals surface area contributed by atoms with Crippen molar-refractivity contribution in [2.24, 2.45) is 0 Å². The normalized spacial score (nSPS) is 12.1. The summed E-state index contributed by atoms with van der Waals surface area (Å²) in [5.74, 6) is -0.235. The highest BCUT2D eigenvalue weighted by Gasteiger charge is 2.17. The Labute approximate surface area is 200 Å². The minimum atomic E-state index is -0.628. The average Bonchev–Trinajstić information content (AvgIpc) is 3.34. The van der Waals surface area contributed by atoms with Crippen LogP contribution in [0.4, 0.5) is 5.13 Å². The van der Waals surface area contributed by atoms with E-state index in [2.05, 4.69) is 17.2 Å². The van der Waals surface area contributed by atoms with E-state index in [-0.39, 0.29) is 18.6 Å². The van der Waals surface area contributed by atoms with Crippen LogP contribution in [0.1, 0.15) is 35.7 Å². The van der Waals surface area contributed by atoms with Crippen molar-refractivity contribution in [1.82, 2.24) is 4.98 Å². The number of fused-ring (bicyclic) bond motifs is 1. The first-order chi connectivity index (χ1) is 16.5. The standard InChI is InChI=1S/C25H24N2O6S/c1-2-16-3-5-17(6-4-16)19-15-34-25(26-19)27-23(29)14-33-24(30)10-8-20(28)18-7-9-21-22(13-18)32-12-11-31-21/h3-7,9,13,15H,2,8,10-12,14H2,1H3,(H,26,27,29). The summed E-state index contributed by atoms with van der Waals surface area (Å²) in [5.41, 5.74) is 3.39. The van der Waals surface area contributed by atoms with E-state index in [1.165, 1.54) is 16.9 Å². The summed E-state index contributed by atoms with van der Waals surface area (Å²) in [7, 11) is 0. The van der Waals surface area contributed by atoms with Crippen LogP contribution in [-0.4, -0.2) is 42.5 Å². The Hall–Kier alpha value is -3.72. The fourth-order valence-corrected chi connectivity index (χ4v) is 4.06. The van der Waals surface area contributed by atoms with Crippen LogP contribution in [0.3, 0.4) is 0 Å². The Morgan fingerprint density at radius 1 is 1.03 bits per heavy atom. The van der Waals surface area contributed by atoms with E-state index in [9.17, 15) is 14.4 Å². The van der Waals surface area contributed by atoms with Crippen LogP contribution >= 0.6 is 11.3 Å². The van der Waals surface area contributed by atoms with Gasteiger partial charge in [-0.3, -0.25) is 19.7 Å². The summed E-state index contributed by atoms with van der Waals surface area (Å²) < 4.78 is 15.9. The largest absolute Gasteiger partial charge is 0.486 e. The minimum absolute atomic E-state index is 0.0350. The fourth-order valence-electron chi connectivity index (χ4n) is 3.33. The van der Waals surface area contributed by atoms with Gasteiger partial charge in [0.25, 0.3) is 5.91 Å². The zero-order valence-corrected chi connectivity index (χ0v) is 19.5. The number of benzene rings is 2. The Kier molecular flexibility index (Phi) is 7.54. The Morgan fingerprint density at radius 3 is 2.56 bits per heavy atom. The number of hydrogen-bond acceptors (Lipinski definition) is 8. The summed E-state index contributed by atoms with van der Waals surface area (Å²) in [5, 5.41) is 4.90. The minimum Gasteiger partial charge on any atom is -0.486 e. The van der Waals surface area contributed by atoms with E-state index >= 15 is 0 Å². The molecule has 8 nitrogen and oxygen atoms in total. The number of anilines is 1. The van der Waals surface area contributed by atoms with E-state index < -0.39 is 18.5 Å². The molecule has 0 unspecified atom stereocenters. The number of nitrogens with zero attached hydrogens (tertiary/aromatic N) is 1. The van der Waals surface area contributed by atoms with Gasteiger partial charge in [-0.05, 0) is 30.2 Å². The molecule has 3 aromatic rings. The number of ketones is 1. The smallest absolute Gasteiger partial charge is 0.306 e. The first kappa shape index (κ1) is 23.4. The van der Waals surface area contributed by atoms with Gasteiger partial charge in [0.2, 0.25) is 0 Å². The predicted molar refractivity (Wildman–Crippen MR) is 128 cm³/mol. The molecule has 0 aliphatic carbocycles. The van der Waals surface area contributed by atoms with Gasteiger partial charge in [0.1, 0.15) is 13.2 Å². The number of esters is 1. The van der Waals surface area contributed by atoms with Crippen LogP contribution < -0.4 is 14.8 Å². The summed E-state index contributed by atoms with van der Waals surface area (Å²) in [6.45, 7) is 2.54. The lowest BCUT2D eigenvalue weighted by molar-refractivity contribution is -0.147. The highest BCUT2D eigenvalue weighted by Crippen LogP contribution is 2.31. The van der Waals surface area contributed by atoms with Gasteiger partial charge in [-0.15, -0.1) is 11.3 Å². The molecule has 176 valence electrons. The number of carbonyl (C=O) groups excluding carboxylic acids is 3. The number of Topliss-reactive ketones (excluding diaryl/α,β-unsaturated/α-hetero) is 1. The lowest BCUT2D eigenvalue weighted by Crippen LogP contribution is -2.21. The number of rotatable bonds is 9. The van der Waals surface area contributed by atoms with Gasteiger partial charge in [-0.1, -0.05) is 31.2 Å². The van der Waals surface area contributed by atoms with Crippen LogP contribution in [0.15, 0.2) is 47.8 Å². The number of amides is 1. The molecule has 1 aliphatic heterocycles. The molecule has 0 atom stereocenters. The molecule has 0 spiro atoms. The molecule has 1 amide bonds. The van der Waals surface area contributed by atoms with Gasteiger partial charge in [-0.2, -0.15) is 0 Å². The highest BCUT2D eigenvalue weighted by atomic mass is 32.1. The maximum Gasteiger partial charge on any atom is 0.306 e. The molecule has 2 aromatic carbocycles. The monoisotopic (exact) mass is 480 g/mol. The molecular weight excluding hydrogens is 456 g/mol. The zero-order valence-electron chi connectivity index (χ0n) is 18.7. The van der Waals surface area contributed by atoms with Crippen molar-refractivity contribution in [3.05, 3.63) is 59.0 Å². The Bertz CT molecular complexity index is 1190. The first-order valence-corrected chi connectivity index (χ1v) is 11.8. The molecule has 1 N–H and O–H groups in total. The third-order valence-electron chi connectivity index (χ3n) is 5.19. The zero-order chi connectivity index (χ0) is 23.9. The summed E-state index contributed by atoms with van der Waals surface area (Å²) in [6.07, 6.45) is 0.798. The van der Waals surface area contributed by atoms with Crippen molar-refractivity contribution in [3.63, 3.8) is 0 Å². The molecule has 1 aromatic heterocycles. The lowest BCUT2D eigenvalue weighted by atomic mass is 10.1. The molecule has 0 saturated carbocycles. The van der Waals surface area contributed by atoms with E-state index in [4.69, 9.17) is 14.2 Å². The number of aryl methyl sites for hydroxylation is 1. The van der Waals surface area contributed by atoms with Crippen molar-refractivity contribution in [2.75, 3.05) is 25.1 Å². The van der Waals surface area contributed by atoms with Gasteiger partial charge in [0.15, 0.2) is 29.0 Å². The van der Waals surface area contributed by atoms with Gasteiger partial charge < -0.3 is 14.2 Å². The van der Waals surface area contributed by atoms with Crippen LogP contribution in [0.5, 0.6) is 11.5 Å². The molecule has 0 saturated heterocycles. The highest BCUT2D eigenvalue weighted by molar-refractivity contribution is 7.14. The van der Waals surface area contributed by atoms with Gasteiger partial charge in [-0.25, -0.2) is 4.98 Å². The van der Waals surface area contributed by atoms with E-state index in [1.54, 1.807) is 18.2 Å².